The lowest BCUT2D eigenvalue weighted by Gasteiger charge is -2.10. The fourth-order valence-electron chi connectivity index (χ4n) is 1.66. The molecule has 1 heterocycles. The molecule has 2 rings (SSSR count). The maximum Gasteiger partial charge on any atom is 0.158 e. The van der Waals surface area contributed by atoms with Crippen LogP contribution in [0, 0.1) is 0 Å². The summed E-state index contributed by atoms with van der Waals surface area (Å²) in [4.78, 5) is 15.9. The van der Waals surface area contributed by atoms with Crippen molar-refractivity contribution in [1.82, 2.24) is 4.98 Å². The first kappa shape index (κ1) is 11.5. The molecule has 0 saturated heterocycles. The Morgan fingerprint density at radius 2 is 1.76 bits per heavy atom. The van der Waals surface area contributed by atoms with Crippen molar-refractivity contribution in [2.75, 3.05) is 0 Å². The van der Waals surface area contributed by atoms with E-state index in [2.05, 4.69) is 4.98 Å². The summed E-state index contributed by atoms with van der Waals surface area (Å²) in [5.74, 6) is 0.0161. The minimum atomic E-state index is -0.552. The number of ketones is 1. The van der Waals surface area contributed by atoms with Crippen molar-refractivity contribution in [2.45, 2.75) is 12.5 Å². The molecule has 0 bridgehead atoms. The van der Waals surface area contributed by atoms with E-state index in [0.29, 0.717) is 6.42 Å². The molecule has 0 fully saturated rings. The van der Waals surface area contributed by atoms with Crippen LogP contribution in [0.3, 0.4) is 0 Å². The van der Waals surface area contributed by atoms with E-state index in [-0.39, 0.29) is 5.78 Å². The summed E-state index contributed by atoms with van der Waals surface area (Å²) in [6, 6.07) is 12.5. The standard InChI is InChI=1S/C14H14N2O/c15-14(12-4-2-1-3-5-12)13(17)10-11-6-8-16-9-7-11/h1-9,14H,10,15H2/t14-/m1/s1. The minimum absolute atomic E-state index is 0.0161. The number of aromatic nitrogens is 1. The zero-order valence-electron chi connectivity index (χ0n) is 9.41. The molecule has 0 amide bonds. The zero-order chi connectivity index (χ0) is 12.1. The predicted molar refractivity (Wildman–Crippen MR) is 66.3 cm³/mol. The van der Waals surface area contributed by atoms with E-state index in [9.17, 15) is 4.79 Å². The molecule has 1 aromatic heterocycles. The lowest BCUT2D eigenvalue weighted by molar-refractivity contribution is -0.119. The maximum atomic E-state index is 12.0. The second-order valence-corrected chi connectivity index (χ2v) is 3.89. The number of nitrogens with zero attached hydrogens (tertiary/aromatic N) is 1. The fraction of sp³-hybridized carbons (Fsp3) is 0.143. The smallest absolute Gasteiger partial charge is 0.158 e. The SMILES string of the molecule is N[C@@H](C(=O)Cc1ccncc1)c1ccccc1. The average Bonchev–Trinajstić information content (AvgIpc) is 2.40. The Balaban J connectivity index is 2.06. The molecule has 0 unspecified atom stereocenters. The van der Waals surface area contributed by atoms with Crippen molar-refractivity contribution in [2.24, 2.45) is 5.73 Å². The zero-order valence-corrected chi connectivity index (χ0v) is 9.41. The van der Waals surface area contributed by atoms with Crippen molar-refractivity contribution in [3.63, 3.8) is 0 Å². The highest BCUT2D eigenvalue weighted by atomic mass is 16.1. The van der Waals surface area contributed by atoms with Gasteiger partial charge in [-0.1, -0.05) is 30.3 Å². The molecule has 0 aliphatic carbocycles. The number of hydrogen-bond acceptors (Lipinski definition) is 3. The van der Waals surface area contributed by atoms with Gasteiger partial charge in [0.05, 0.1) is 6.04 Å². The number of pyridine rings is 1. The summed E-state index contributed by atoms with van der Waals surface area (Å²) in [7, 11) is 0. The van der Waals surface area contributed by atoms with E-state index in [1.807, 2.05) is 42.5 Å². The van der Waals surface area contributed by atoms with Crippen LogP contribution >= 0.6 is 0 Å². The monoisotopic (exact) mass is 226 g/mol. The second kappa shape index (κ2) is 5.37. The number of hydrogen-bond donors (Lipinski definition) is 1. The van der Waals surface area contributed by atoms with Crippen molar-refractivity contribution in [3.8, 4) is 0 Å². The Morgan fingerprint density at radius 3 is 2.41 bits per heavy atom. The van der Waals surface area contributed by atoms with Gasteiger partial charge in [0.25, 0.3) is 0 Å². The number of Topliss-reactive ketones (excluding diaryl/α,β-unsaturated/α-hetero) is 1. The van der Waals surface area contributed by atoms with E-state index in [0.717, 1.165) is 11.1 Å². The van der Waals surface area contributed by atoms with Crippen molar-refractivity contribution < 1.29 is 4.79 Å². The Hall–Kier alpha value is -2.00. The number of nitrogens with two attached hydrogens (primary N) is 1. The summed E-state index contributed by atoms with van der Waals surface area (Å²) in [5.41, 5.74) is 7.72. The Labute approximate surface area is 100 Å². The Morgan fingerprint density at radius 1 is 1.12 bits per heavy atom. The molecule has 3 nitrogen and oxygen atoms in total. The van der Waals surface area contributed by atoms with Gasteiger partial charge in [0, 0.05) is 18.8 Å². The van der Waals surface area contributed by atoms with Crippen LogP contribution in [0.2, 0.25) is 0 Å². The van der Waals surface area contributed by atoms with Gasteiger partial charge in [0.2, 0.25) is 0 Å². The van der Waals surface area contributed by atoms with Gasteiger partial charge in [-0.2, -0.15) is 0 Å². The summed E-state index contributed by atoms with van der Waals surface area (Å²) in [6.45, 7) is 0. The number of rotatable bonds is 4. The predicted octanol–water partition coefficient (Wildman–Crippen LogP) is 1.89. The van der Waals surface area contributed by atoms with Crippen LogP contribution in [0.25, 0.3) is 0 Å². The van der Waals surface area contributed by atoms with Gasteiger partial charge in [0.15, 0.2) is 5.78 Å². The molecular formula is C14H14N2O. The highest BCUT2D eigenvalue weighted by Crippen LogP contribution is 2.13. The highest BCUT2D eigenvalue weighted by Gasteiger charge is 2.15. The first-order valence-electron chi connectivity index (χ1n) is 5.49. The molecule has 0 aliphatic rings. The van der Waals surface area contributed by atoms with Gasteiger partial charge < -0.3 is 5.73 Å². The molecule has 1 atom stereocenters. The van der Waals surface area contributed by atoms with Gasteiger partial charge in [-0.3, -0.25) is 9.78 Å². The van der Waals surface area contributed by atoms with Crippen LogP contribution in [0.15, 0.2) is 54.9 Å². The first-order valence-corrected chi connectivity index (χ1v) is 5.49. The van der Waals surface area contributed by atoms with Gasteiger partial charge in [-0.25, -0.2) is 0 Å². The van der Waals surface area contributed by atoms with E-state index in [1.54, 1.807) is 12.4 Å². The van der Waals surface area contributed by atoms with Crippen LogP contribution in [-0.4, -0.2) is 10.8 Å². The third-order valence-electron chi connectivity index (χ3n) is 2.63. The Kier molecular flexibility index (Phi) is 3.62. The van der Waals surface area contributed by atoms with Crippen LogP contribution in [0.1, 0.15) is 17.2 Å². The van der Waals surface area contributed by atoms with E-state index in [1.165, 1.54) is 0 Å². The second-order valence-electron chi connectivity index (χ2n) is 3.89. The maximum absolute atomic E-state index is 12.0. The Bertz CT molecular complexity index is 482. The van der Waals surface area contributed by atoms with Crippen molar-refractivity contribution in [3.05, 3.63) is 66.0 Å². The largest absolute Gasteiger partial charge is 0.318 e. The number of carbonyl (C=O) groups excluding carboxylic acids is 1. The van der Waals surface area contributed by atoms with Gasteiger partial charge in [-0.15, -0.1) is 0 Å². The molecule has 3 heteroatoms. The summed E-state index contributed by atoms with van der Waals surface area (Å²) < 4.78 is 0. The molecular weight excluding hydrogens is 212 g/mol. The lowest BCUT2D eigenvalue weighted by atomic mass is 9.99. The van der Waals surface area contributed by atoms with Crippen molar-refractivity contribution >= 4 is 5.78 Å². The van der Waals surface area contributed by atoms with Crippen LogP contribution < -0.4 is 5.73 Å². The summed E-state index contributed by atoms with van der Waals surface area (Å²) in [5, 5.41) is 0. The molecule has 17 heavy (non-hydrogen) atoms. The minimum Gasteiger partial charge on any atom is -0.318 e. The van der Waals surface area contributed by atoms with Crippen molar-refractivity contribution in [1.29, 1.82) is 0 Å². The third-order valence-corrected chi connectivity index (χ3v) is 2.63. The number of benzene rings is 1. The molecule has 2 aromatic rings. The molecule has 86 valence electrons. The molecule has 0 radical (unpaired) electrons. The molecule has 0 spiro atoms. The van der Waals surface area contributed by atoms with E-state index >= 15 is 0 Å². The normalized spacial score (nSPS) is 12.1. The third kappa shape index (κ3) is 2.98. The molecule has 0 aliphatic heterocycles. The highest BCUT2D eigenvalue weighted by molar-refractivity contribution is 5.86. The average molecular weight is 226 g/mol. The van der Waals surface area contributed by atoms with Crippen LogP contribution in [0.4, 0.5) is 0 Å². The fourth-order valence-corrected chi connectivity index (χ4v) is 1.66. The molecule has 1 aromatic carbocycles. The van der Waals surface area contributed by atoms with Gasteiger partial charge in [-0.05, 0) is 23.3 Å². The van der Waals surface area contributed by atoms with Crippen LogP contribution in [-0.2, 0) is 11.2 Å². The lowest BCUT2D eigenvalue weighted by Crippen LogP contribution is -2.23. The van der Waals surface area contributed by atoms with Gasteiger partial charge in [0.1, 0.15) is 0 Å². The molecule has 2 N–H and O–H groups in total. The van der Waals surface area contributed by atoms with Gasteiger partial charge >= 0.3 is 0 Å². The van der Waals surface area contributed by atoms with E-state index in [4.69, 9.17) is 5.73 Å². The van der Waals surface area contributed by atoms with E-state index < -0.39 is 6.04 Å². The topological polar surface area (TPSA) is 56.0 Å². The summed E-state index contributed by atoms with van der Waals surface area (Å²) >= 11 is 0. The summed E-state index contributed by atoms with van der Waals surface area (Å²) in [6.07, 6.45) is 3.70. The number of carbonyl (C=O) groups is 1. The van der Waals surface area contributed by atoms with Crippen LogP contribution in [0.5, 0.6) is 0 Å². The molecule has 0 saturated carbocycles. The quantitative estimate of drug-likeness (QED) is 0.866. The first-order chi connectivity index (χ1) is 8.27.